The molecule has 148 valence electrons. The fourth-order valence-corrected chi connectivity index (χ4v) is 4.35. The van der Waals surface area contributed by atoms with Gasteiger partial charge in [0, 0.05) is 18.9 Å². The molecule has 2 heterocycles. The van der Waals surface area contributed by atoms with Crippen LogP contribution in [0.1, 0.15) is 35.2 Å². The van der Waals surface area contributed by atoms with Crippen LogP contribution in [0.25, 0.3) is 0 Å². The molecule has 8 heteroatoms. The molecule has 0 aliphatic carbocycles. The number of nitrogens with one attached hydrogen (secondary N) is 2. The van der Waals surface area contributed by atoms with Crippen molar-refractivity contribution in [1.29, 1.82) is 0 Å². The van der Waals surface area contributed by atoms with Gasteiger partial charge in [0.05, 0.1) is 10.5 Å². The lowest BCUT2D eigenvalue weighted by Gasteiger charge is -2.22. The Hall–Kier alpha value is -1.83. The van der Waals surface area contributed by atoms with E-state index in [1.807, 2.05) is 6.92 Å². The first-order valence-corrected chi connectivity index (χ1v) is 10.4. The fourth-order valence-electron chi connectivity index (χ4n) is 3.15. The molecule has 0 spiro atoms. The number of hydrogen-bond acceptors (Lipinski definition) is 4. The average molecular weight is 412 g/mol. The lowest BCUT2D eigenvalue weighted by molar-refractivity contribution is 0.0951. The van der Waals surface area contributed by atoms with E-state index in [9.17, 15) is 13.2 Å². The zero-order valence-electron chi connectivity index (χ0n) is 15.3. The second kappa shape index (κ2) is 9.39. The van der Waals surface area contributed by atoms with E-state index in [0.717, 1.165) is 29.0 Å². The highest BCUT2D eigenvalue weighted by Gasteiger charge is 2.19. The predicted octanol–water partition coefficient (Wildman–Crippen LogP) is 2.57. The first-order valence-electron chi connectivity index (χ1n) is 8.96. The number of amides is 1. The first-order chi connectivity index (χ1) is 12.5. The molecular weight excluding hydrogens is 386 g/mol. The van der Waals surface area contributed by atoms with Crippen molar-refractivity contribution in [1.82, 2.24) is 14.6 Å². The van der Waals surface area contributed by atoms with Crippen LogP contribution in [0.15, 0.2) is 47.6 Å². The second-order valence-corrected chi connectivity index (χ2v) is 8.65. The molecule has 2 aromatic rings. The summed E-state index contributed by atoms with van der Waals surface area (Å²) in [5.74, 6) is 0.349. The smallest absolute Gasteiger partial charge is 0.267 e. The molecule has 27 heavy (non-hydrogen) atoms. The fraction of sp³-hybridized carbons (Fsp3) is 0.421. The molecule has 3 rings (SSSR count). The van der Waals surface area contributed by atoms with Crippen LogP contribution in [-0.4, -0.2) is 37.9 Å². The van der Waals surface area contributed by atoms with Gasteiger partial charge in [0.2, 0.25) is 0 Å². The number of piperidine rings is 1. The van der Waals surface area contributed by atoms with Gasteiger partial charge in [-0.3, -0.25) is 4.79 Å². The minimum Gasteiger partial charge on any atom is -0.352 e. The van der Waals surface area contributed by atoms with E-state index in [4.69, 9.17) is 0 Å². The van der Waals surface area contributed by atoms with E-state index in [1.54, 1.807) is 24.3 Å². The third-order valence-corrected chi connectivity index (χ3v) is 6.41. The molecule has 6 nitrogen and oxygen atoms in total. The summed E-state index contributed by atoms with van der Waals surface area (Å²) in [4.78, 5) is 12.5. The van der Waals surface area contributed by atoms with Gasteiger partial charge in [-0.2, -0.15) is 0 Å². The number of halogens is 1. The Balaban J connectivity index is 0.00000261. The molecule has 1 fully saturated rings. The van der Waals surface area contributed by atoms with Crippen LogP contribution in [0.3, 0.4) is 0 Å². The highest BCUT2D eigenvalue weighted by molar-refractivity contribution is 7.90. The van der Waals surface area contributed by atoms with Crippen molar-refractivity contribution in [2.24, 2.45) is 5.92 Å². The molecule has 0 radical (unpaired) electrons. The zero-order chi connectivity index (χ0) is 18.6. The third kappa shape index (κ3) is 5.34. The van der Waals surface area contributed by atoms with E-state index in [0.29, 0.717) is 18.0 Å². The van der Waals surface area contributed by atoms with Gasteiger partial charge in [0.15, 0.2) is 0 Å². The Labute approximate surface area is 166 Å². The Kier molecular flexibility index (Phi) is 7.47. The van der Waals surface area contributed by atoms with Gasteiger partial charge < -0.3 is 10.6 Å². The van der Waals surface area contributed by atoms with E-state index < -0.39 is 10.0 Å². The molecular formula is C19H26ClN3O3S. The number of nitrogens with zero attached hydrogens (tertiary/aromatic N) is 1. The van der Waals surface area contributed by atoms with Crippen LogP contribution in [0.5, 0.6) is 0 Å². The van der Waals surface area contributed by atoms with E-state index in [1.165, 1.54) is 31.3 Å². The van der Waals surface area contributed by atoms with Crippen molar-refractivity contribution in [3.8, 4) is 0 Å². The van der Waals surface area contributed by atoms with Crippen LogP contribution < -0.4 is 10.6 Å². The van der Waals surface area contributed by atoms with Gasteiger partial charge >= 0.3 is 0 Å². The molecule has 1 aliphatic heterocycles. The normalized spacial score (nSPS) is 17.1. The summed E-state index contributed by atoms with van der Waals surface area (Å²) in [6.45, 7) is 4.58. The standard InChI is InChI=1S/C19H25N3O3S.ClH/c1-15-4-6-18(7-5-15)26(24,25)22-12-9-17(14-22)19(23)21-11-8-16-3-2-10-20-13-16;/h4-7,9,12,14,16,20H,2-3,8,10-11,13H2,1H3,(H,21,23);1H. The van der Waals surface area contributed by atoms with E-state index in [2.05, 4.69) is 10.6 Å². The maximum Gasteiger partial charge on any atom is 0.267 e. The number of benzene rings is 1. The summed E-state index contributed by atoms with van der Waals surface area (Å²) in [5, 5.41) is 6.24. The number of aromatic nitrogens is 1. The molecule has 1 aromatic heterocycles. The summed E-state index contributed by atoms with van der Waals surface area (Å²) in [5.41, 5.74) is 1.34. The number of rotatable bonds is 6. The Morgan fingerprint density at radius 1 is 1.26 bits per heavy atom. The molecule has 2 N–H and O–H groups in total. The molecule has 1 saturated heterocycles. The topological polar surface area (TPSA) is 80.2 Å². The summed E-state index contributed by atoms with van der Waals surface area (Å²) in [6.07, 6.45) is 6.08. The summed E-state index contributed by atoms with van der Waals surface area (Å²) < 4.78 is 26.3. The third-order valence-electron chi connectivity index (χ3n) is 4.76. The molecule has 0 saturated carbocycles. The lowest BCUT2D eigenvalue weighted by Crippen LogP contribution is -2.33. The van der Waals surface area contributed by atoms with Crippen molar-refractivity contribution in [3.05, 3.63) is 53.9 Å². The van der Waals surface area contributed by atoms with Crippen molar-refractivity contribution < 1.29 is 13.2 Å². The SMILES string of the molecule is Cc1ccc(S(=O)(=O)n2ccc(C(=O)NCCC3CCCNC3)c2)cc1.Cl. The summed E-state index contributed by atoms with van der Waals surface area (Å²) in [6, 6.07) is 8.18. The van der Waals surface area contributed by atoms with Crippen LogP contribution in [-0.2, 0) is 10.0 Å². The zero-order valence-corrected chi connectivity index (χ0v) is 17.0. The van der Waals surface area contributed by atoms with E-state index >= 15 is 0 Å². The minimum absolute atomic E-state index is 0. The molecule has 1 unspecified atom stereocenters. The number of aryl methyl sites for hydroxylation is 1. The highest BCUT2D eigenvalue weighted by atomic mass is 35.5. The molecule has 0 bridgehead atoms. The second-order valence-electron chi connectivity index (χ2n) is 6.81. The quantitative estimate of drug-likeness (QED) is 0.765. The van der Waals surface area contributed by atoms with E-state index in [-0.39, 0.29) is 23.2 Å². The number of carbonyl (C=O) groups is 1. The Morgan fingerprint density at radius 3 is 2.67 bits per heavy atom. The summed E-state index contributed by atoms with van der Waals surface area (Å²) >= 11 is 0. The Morgan fingerprint density at radius 2 is 2.00 bits per heavy atom. The minimum atomic E-state index is -3.68. The first kappa shape index (κ1) is 21.5. The maximum absolute atomic E-state index is 12.6. The Bertz CT molecular complexity index is 857. The van der Waals surface area contributed by atoms with Crippen molar-refractivity contribution in [3.63, 3.8) is 0 Å². The predicted molar refractivity (Wildman–Crippen MR) is 108 cm³/mol. The number of hydrogen-bond donors (Lipinski definition) is 2. The molecule has 1 aromatic carbocycles. The monoisotopic (exact) mass is 411 g/mol. The van der Waals surface area contributed by atoms with Gasteiger partial charge in [0.1, 0.15) is 0 Å². The highest BCUT2D eigenvalue weighted by Crippen LogP contribution is 2.16. The molecule has 1 aliphatic rings. The van der Waals surface area contributed by atoms with Gasteiger partial charge in [-0.05, 0) is 63.4 Å². The lowest BCUT2D eigenvalue weighted by atomic mass is 9.96. The van der Waals surface area contributed by atoms with Gasteiger partial charge in [-0.25, -0.2) is 12.4 Å². The number of carbonyl (C=O) groups excluding carboxylic acids is 1. The largest absolute Gasteiger partial charge is 0.352 e. The maximum atomic E-state index is 12.6. The van der Waals surface area contributed by atoms with Crippen LogP contribution >= 0.6 is 12.4 Å². The van der Waals surface area contributed by atoms with Crippen LogP contribution in [0.4, 0.5) is 0 Å². The van der Waals surface area contributed by atoms with Crippen molar-refractivity contribution in [2.75, 3.05) is 19.6 Å². The summed E-state index contributed by atoms with van der Waals surface area (Å²) in [7, 11) is -3.68. The van der Waals surface area contributed by atoms with Crippen LogP contribution in [0, 0.1) is 12.8 Å². The molecule has 1 atom stereocenters. The van der Waals surface area contributed by atoms with Gasteiger partial charge in [-0.15, -0.1) is 12.4 Å². The average Bonchev–Trinajstić information content (AvgIpc) is 3.14. The van der Waals surface area contributed by atoms with Gasteiger partial charge in [-0.1, -0.05) is 17.7 Å². The molecule has 1 amide bonds. The van der Waals surface area contributed by atoms with Crippen LogP contribution in [0.2, 0.25) is 0 Å². The van der Waals surface area contributed by atoms with Crippen molar-refractivity contribution in [2.45, 2.75) is 31.1 Å². The van der Waals surface area contributed by atoms with Gasteiger partial charge in [0.25, 0.3) is 15.9 Å². The van der Waals surface area contributed by atoms with Crippen molar-refractivity contribution >= 4 is 28.3 Å².